The Balaban J connectivity index is 1.68. The lowest BCUT2D eigenvalue weighted by molar-refractivity contribution is -0.138. The number of methoxy groups -OCH3 is 1. The van der Waals surface area contributed by atoms with Gasteiger partial charge in [0.1, 0.15) is 11.6 Å². The van der Waals surface area contributed by atoms with Gasteiger partial charge in [0, 0.05) is 44.5 Å². The third-order valence-electron chi connectivity index (χ3n) is 4.83. The maximum absolute atomic E-state index is 14.3. The lowest BCUT2D eigenvalue weighted by atomic mass is 10.1. The van der Waals surface area contributed by atoms with E-state index >= 15 is 0 Å². The summed E-state index contributed by atoms with van der Waals surface area (Å²) in [5.41, 5.74) is 1.26. The smallest absolute Gasteiger partial charge is 0.237 e. The summed E-state index contributed by atoms with van der Waals surface area (Å²) in [6, 6.07) is 5.78. The molecule has 1 saturated heterocycles. The number of hydrogen-bond donors (Lipinski definition) is 2. The number of carbonyl (C=O) groups is 2. The number of hydrogen-bond acceptors (Lipinski definition) is 5. The second-order valence-corrected chi connectivity index (χ2v) is 6.77. The van der Waals surface area contributed by atoms with Crippen LogP contribution in [0.1, 0.15) is 17.7 Å². The number of nitrogens with zero attached hydrogens (tertiary/aromatic N) is 3. The molecule has 1 unspecified atom stereocenters. The fraction of sp³-hybridized carbons (Fsp3) is 0.421. The highest BCUT2D eigenvalue weighted by Crippen LogP contribution is 2.20. The SMILES string of the molecule is COc1ccc(CN2CCNC(=O)C2CC(=O)N(C)Cc2ccn[nH]2)c(F)c1. The van der Waals surface area contributed by atoms with Gasteiger partial charge in [0.25, 0.3) is 0 Å². The molecule has 3 rings (SSSR count). The van der Waals surface area contributed by atoms with Gasteiger partial charge >= 0.3 is 0 Å². The topological polar surface area (TPSA) is 90.6 Å². The summed E-state index contributed by atoms with van der Waals surface area (Å²) in [5.74, 6) is -0.350. The van der Waals surface area contributed by atoms with Crippen LogP contribution in [0.3, 0.4) is 0 Å². The van der Waals surface area contributed by atoms with Crippen LogP contribution in [0, 0.1) is 5.82 Å². The van der Waals surface area contributed by atoms with Gasteiger partial charge in [-0.2, -0.15) is 5.10 Å². The first-order valence-corrected chi connectivity index (χ1v) is 9.04. The van der Waals surface area contributed by atoms with Crippen molar-refractivity contribution in [3.05, 3.63) is 47.5 Å². The van der Waals surface area contributed by atoms with Crippen LogP contribution in [-0.2, 0) is 22.7 Å². The Labute approximate surface area is 162 Å². The molecule has 2 amide bonds. The van der Waals surface area contributed by atoms with E-state index in [0.717, 1.165) is 5.69 Å². The number of amides is 2. The van der Waals surface area contributed by atoms with Crippen LogP contribution < -0.4 is 10.1 Å². The first-order valence-electron chi connectivity index (χ1n) is 9.04. The quantitative estimate of drug-likeness (QED) is 0.735. The largest absolute Gasteiger partial charge is 0.497 e. The molecule has 2 heterocycles. The first kappa shape index (κ1) is 19.8. The molecule has 1 aliphatic rings. The highest BCUT2D eigenvalue weighted by Gasteiger charge is 2.32. The summed E-state index contributed by atoms with van der Waals surface area (Å²) in [5, 5.41) is 9.46. The molecular weight excluding hydrogens is 365 g/mol. The van der Waals surface area contributed by atoms with Crippen LogP contribution in [0.25, 0.3) is 0 Å². The number of nitrogens with one attached hydrogen (secondary N) is 2. The summed E-state index contributed by atoms with van der Waals surface area (Å²) in [7, 11) is 3.15. The number of halogens is 1. The Morgan fingerprint density at radius 1 is 1.43 bits per heavy atom. The van der Waals surface area contributed by atoms with Gasteiger partial charge in [0.2, 0.25) is 11.8 Å². The molecule has 0 spiro atoms. The molecule has 0 saturated carbocycles. The predicted octanol–water partition coefficient (Wildman–Crippen LogP) is 0.907. The summed E-state index contributed by atoms with van der Waals surface area (Å²) < 4.78 is 19.4. The van der Waals surface area contributed by atoms with E-state index in [1.807, 2.05) is 4.90 Å². The van der Waals surface area contributed by atoms with Gasteiger partial charge < -0.3 is 15.0 Å². The van der Waals surface area contributed by atoms with E-state index in [4.69, 9.17) is 4.74 Å². The molecule has 1 aliphatic heterocycles. The van der Waals surface area contributed by atoms with Crippen LogP contribution in [0.2, 0.25) is 0 Å². The number of aromatic amines is 1. The van der Waals surface area contributed by atoms with Gasteiger partial charge in [0.15, 0.2) is 0 Å². The third-order valence-corrected chi connectivity index (χ3v) is 4.83. The maximum atomic E-state index is 14.3. The van der Waals surface area contributed by atoms with Crippen molar-refractivity contribution in [2.75, 3.05) is 27.2 Å². The molecule has 9 heteroatoms. The predicted molar refractivity (Wildman–Crippen MR) is 99.8 cm³/mol. The highest BCUT2D eigenvalue weighted by molar-refractivity contribution is 5.88. The molecule has 1 aromatic carbocycles. The Bertz CT molecular complexity index is 827. The van der Waals surface area contributed by atoms with Crippen LogP contribution >= 0.6 is 0 Å². The summed E-state index contributed by atoms with van der Waals surface area (Å²) in [6.07, 6.45) is 1.64. The molecule has 0 radical (unpaired) electrons. The second-order valence-electron chi connectivity index (χ2n) is 6.77. The molecule has 0 aliphatic carbocycles. The first-order chi connectivity index (χ1) is 13.5. The number of rotatable bonds is 7. The molecule has 2 aromatic rings. The Hall–Kier alpha value is -2.94. The van der Waals surface area contributed by atoms with Gasteiger partial charge in [-0.05, 0) is 12.1 Å². The number of aromatic nitrogens is 2. The molecule has 28 heavy (non-hydrogen) atoms. The highest BCUT2D eigenvalue weighted by atomic mass is 19.1. The zero-order chi connectivity index (χ0) is 20.1. The van der Waals surface area contributed by atoms with Crippen LogP contribution in [0.15, 0.2) is 30.5 Å². The fourth-order valence-corrected chi connectivity index (χ4v) is 3.21. The van der Waals surface area contributed by atoms with Crippen molar-refractivity contribution in [2.45, 2.75) is 25.6 Å². The number of piperazine rings is 1. The summed E-state index contributed by atoms with van der Waals surface area (Å²) >= 11 is 0. The van der Waals surface area contributed by atoms with Gasteiger partial charge in [-0.15, -0.1) is 0 Å². The van der Waals surface area contributed by atoms with Gasteiger partial charge in [-0.25, -0.2) is 4.39 Å². The van der Waals surface area contributed by atoms with Gasteiger partial charge in [0.05, 0.1) is 31.8 Å². The van der Waals surface area contributed by atoms with E-state index < -0.39 is 11.9 Å². The number of carbonyl (C=O) groups excluding carboxylic acids is 2. The van der Waals surface area contributed by atoms with Crippen LogP contribution in [0.4, 0.5) is 4.39 Å². The molecule has 150 valence electrons. The molecule has 8 nitrogen and oxygen atoms in total. The Morgan fingerprint density at radius 2 is 2.25 bits per heavy atom. The summed E-state index contributed by atoms with van der Waals surface area (Å²) in [4.78, 5) is 28.4. The molecule has 0 bridgehead atoms. The molecule has 1 atom stereocenters. The van der Waals surface area contributed by atoms with E-state index in [2.05, 4.69) is 15.5 Å². The van der Waals surface area contributed by atoms with Gasteiger partial charge in [-0.3, -0.25) is 19.6 Å². The number of H-pyrrole nitrogens is 1. The average molecular weight is 389 g/mol. The lowest BCUT2D eigenvalue weighted by Crippen LogP contribution is -2.56. The molecule has 2 N–H and O–H groups in total. The van der Waals surface area contributed by atoms with Crippen LogP contribution in [0.5, 0.6) is 5.75 Å². The number of ether oxygens (including phenoxy) is 1. The van der Waals surface area contributed by atoms with E-state index in [0.29, 0.717) is 30.9 Å². The van der Waals surface area contributed by atoms with E-state index in [-0.39, 0.29) is 24.8 Å². The van der Waals surface area contributed by atoms with Crippen LogP contribution in [-0.4, -0.2) is 65.1 Å². The molecule has 1 fully saturated rings. The van der Waals surface area contributed by atoms with E-state index in [9.17, 15) is 14.0 Å². The molecule has 1 aromatic heterocycles. The average Bonchev–Trinajstić information content (AvgIpc) is 3.18. The van der Waals surface area contributed by atoms with Crippen molar-refractivity contribution < 1.29 is 18.7 Å². The van der Waals surface area contributed by atoms with E-state index in [1.54, 1.807) is 36.3 Å². The zero-order valence-electron chi connectivity index (χ0n) is 15.9. The van der Waals surface area contributed by atoms with Crippen molar-refractivity contribution in [1.82, 2.24) is 25.3 Å². The number of benzene rings is 1. The van der Waals surface area contributed by atoms with Crippen molar-refractivity contribution in [3.63, 3.8) is 0 Å². The Morgan fingerprint density at radius 3 is 2.93 bits per heavy atom. The van der Waals surface area contributed by atoms with E-state index in [1.165, 1.54) is 13.2 Å². The summed E-state index contributed by atoms with van der Waals surface area (Å²) in [6.45, 7) is 1.62. The normalized spacial score (nSPS) is 17.2. The van der Waals surface area contributed by atoms with Crippen molar-refractivity contribution in [3.8, 4) is 5.75 Å². The minimum absolute atomic E-state index is 0.0221. The Kier molecular flexibility index (Phi) is 6.25. The van der Waals surface area contributed by atoms with Crippen molar-refractivity contribution >= 4 is 11.8 Å². The van der Waals surface area contributed by atoms with Gasteiger partial charge in [-0.1, -0.05) is 6.07 Å². The van der Waals surface area contributed by atoms with Crippen molar-refractivity contribution in [2.24, 2.45) is 0 Å². The standard InChI is InChI=1S/C19H24FN5O3/c1-24(12-14-5-6-22-23-14)18(26)10-17-19(27)21-7-8-25(17)11-13-3-4-15(28-2)9-16(13)20/h3-6,9,17H,7-8,10-12H2,1-2H3,(H,21,27)(H,22,23). The minimum atomic E-state index is -0.646. The molecular formula is C19H24FN5O3. The monoisotopic (exact) mass is 389 g/mol. The third kappa shape index (κ3) is 4.66. The minimum Gasteiger partial charge on any atom is -0.497 e. The lowest BCUT2D eigenvalue weighted by Gasteiger charge is -2.35. The fourth-order valence-electron chi connectivity index (χ4n) is 3.21. The maximum Gasteiger partial charge on any atom is 0.237 e. The zero-order valence-corrected chi connectivity index (χ0v) is 15.9. The van der Waals surface area contributed by atoms with Crippen molar-refractivity contribution in [1.29, 1.82) is 0 Å². The second kappa shape index (κ2) is 8.83.